The second-order valence-electron chi connectivity index (χ2n) is 7.94. The van der Waals surface area contributed by atoms with Gasteiger partial charge < -0.3 is 19.8 Å². The summed E-state index contributed by atoms with van der Waals surface area (Å²) >= 11 is 6.47. The first kappa shape index (κ1) is 19.7. The molecule has 0 amide bonds. The Kier molecular flexibility index (Phi) is 6.22. The van der Waals surface area contributed by atoms with Gasteiger partial charge in [0.15, 0.2) is 0 Å². The van der Waals surface area contributed by atoms with Crippen LogP contribution in [0.2, 0.25) is 5.02 Å². The Labute approximate surface area is 171 Å². The molecule has 0 aromatic heterocycles. The lowest BCUT2D eigenvalue weighted by Crippen LogP contribution is -2.33. The van der Waals surface area contributed by atoms with Crippen molar-refractivity contribution in [2.45, 2.75) is 50.4 Å². The molecule has 2 N–H and O–H groups in total. The largest absolute Gasteiger partial charge is 0.394 e. The lowest BCUT2D eigenvalue weighted by Gasteiger charge is -2.32. The summed E-state index contributed by atoms with van der Waals surface area (Å²) in [5, 5.41) is 20.2. The van der Waals surface area contributed by atoms with E-state index in [9.17, 15) is 10.2 Å². The predicted molar refractivity (Wildman–Crippen MR) is 112 cm³/mol. The van der Waals surface area contributed by atoms with Gasteiger partial charge in [0, 0.05) is 36.6 Å². The third-order valence-corrected chi connectivity index (χ3v) is 6.19. The lowest BCUT2D eigenvalue weighted by molar-refractivity contribution is -0.113. The second kappa shape index (κ2) is 8.83. The van der Waals surface area contributed by atoms with Gasteiger partial charge in [0.25, 0.3) is 0 Å². The Morgan fingerprint density at radius 2 is 1.79 bits per heavy atom. The smallest absolute Gasteiger partial charge is 0.0854 e. The molecule has 2 saturated heterocycles. The van der Waals surface area contributed by atoms with Gasteiger partial charge in [-0.15, -0.1) is 0 Å². The molecule has 0 spiro atoms. The highest BCUT2D eigenvalue weighted by Gasteiger charge is 2.29. The molecule has 0 aliphatic carbocycles. The van der Waals surface area contributed by atoms with E-state index in [0.29, 0.717) is 12.8 Å². The van der Waals surface area contributed by atoms with Crippen molar-refractivity contribution in [3.63, 3.8) is 0 Å². The molecule has 28 heavy (non-hydrogen) atoms. The van der Waals surface area contributed by atoms with Crippen molar-refractivity contribution in [1.82, 2.24) is 0 Å². The molecule has 5 heteroatoms. The monoisotopic (exact) mass is 401 g/mol. The maximum Gasteiger partial charge on any atom is 0.0854 e. The Morgan fingerprint density at radius 3 is 2.50 bits per heavy atom. The summed E-state index contributed by atoms with van der Waals surface area (Å²) in [5.74, 6) is 0. The van der Waals surface area contributed by atoms with Crippen LogP contribution < -0.4 is 4.90 Å². The molecule has 3 unspecified atom stereocenters. The number of benzene rings is 2. The Hall–Kier alpha value is -1.59. The van der Waals surface area contributed by atoms with Crippen LogP contribution in [0, 0.1) is 0 Å². The highest BCUT2D eigenvalue weighted by atomic mass is 35.5. The average molecular weight is 402 g/mol. The molecule has 0 bridgehead atoms. The number of aliphatic hydroxyl groups is 2. The van der Waals surface area contributed by atoms with Crippen molar-refractivity contribution in [3.05, 3.63) is 64.2 Å². The summed E-state index contributed by atoms with van der Waals surface area (Å²) in [4.78, 5) is 2.43. The third-order valence-electron chi connectivity index (χ3n) is 5.83. The molecular weight excluding hydrogens is 374 g/mol. The first-order valence-corrected chi connectivity index (χ1v) is 10.6. The van der Waals surface area contributed by atoms with E-state index < -0.39 is 6.10 Å². The number of ether oxygens (including phenoxy) is 1. The number of rotatable bonds is 5. The normalized spacial score (nSPS) is 25.2. The van der Waals surface area contributed by atoms with Crippen LogP contribution in [0.4, 0.5) is 5.69 Å². The number of aliphatic hydroxyl groups excluding tert-OH is 2. The van der Waals surface area contributed by atoms with E-state index in [1.807, 2.05) is 12.1 Å². The van der Waals surface area contributed by atoms with Crippen LogP contribution in [0.25, 0.3) is 0 Å². The van der Waals surface area contributed by atoms with E-state index in [0.717, 1.165) is 35.7 Å². The minimum atomic E-state index is -0.451. The summed E-state index contributed by atoms with van der Waals surface area (Å²) in [7, 11) is 0. The van der Waals surface area contributed by atoms with Crippen molar-refractivity contribution in [1.29, 1.82) is 0 Å². The van der Waals surface area contributed by atoms with Crippen LogP contribution in [0.1, 0.15) is 48.5 Å². The summed E-state index contributed by atoms with van der Waals surface area (Å²) < 4.78 is 5.95. The van der Waals surface area contributed by atoms with Gasteiger partial charge in [-0.3, -0.25) is 0 Å². The van der Waals surface area contributed by atoms with E-state index in [4.69, 9.17) is 16.3 Å². The molecule has 150 valence electrons. The molecular formula is C23H28ClNO3. The van der Waals surface area contributed by atoms with Crippen LogP contribution in [0.15, 0.2) is 42.5 Å². The van der Waals surface area contributed by atoms with Gasteiger partial charge in [0.05, 0.1) is 24.9 Å². The molecule has 4 rings (SSSR count). The molecule has 3 atom stereocenters. The Balaban J connectivity index is 1.49. The third kappa shape index (κ3) is 4.52. The van der Waals surface area contributed by atoms with E-state index in [2.05, 4.69) is 35.2 Å². The molecule has 2 aliphatic heterocycles. The van der Waals surface area contributed by atoms with Crippen molar-refractivity contribution < 1.29 is 14.9 Å². The van der Waals surface area contributed by atoms with E-state index in [1.54, 1.807) is 0 Å². The van der Waals surface area contributed by atoms with Crippen molar-refractivity contribution >= 4 is 17.3 Å². The highest BCUT2D eigenvalue weighted by Crippen LogP contribution is 2.34. The van der Waals surface area contributed by atoms with Gasteiger partial charge in [-0.25, -0.2) is 0 Å². The van der Waals surface area contributed by atoms with E-state index in [-0.39, 0.29) is 18.8 Å². The minimum Gasteiger partial charge on any atom is -0.394 e. The fourth-order valence-corrected chi connectivity index (χ4v) is 4.46. The first-order chi connectivity index (χ1) is 13.6. The zero-order valence-electron chi connectivity index (χ0n) is 16.1. The van der Waals surface area contributed by atoms with Crippen molar-refractivity contribution in [2.75, 3.05) is 24.6 Å². The molecule has 2 fully saturated rings. The quantitative estimate of drug-likeness (QED) is 0.791. The molecule has 2 aliphatic rings. The van der Waals surface area contributed by atoms with Crippen LogP contribution in [-0.2, 0) is 11.2 Å². The zero-order valence-corrected chi connectivity index (χ0v) is 16.8. The summed E-state index contributed by atoms with van der Waals surface area (Å²) in [5.41, 5.74) is 4.57. The lowest BCUT2D eigenvalue weighted by atomic mass is 9.94. The number of hydrogen-bond acceptors (Lipinski definition) is 4. The highest BCUT2D eigenvalue weighted by molar-refractivity contribution is 6.31. The molecule has 4 nitrogen and oxygen atoms in total. The van der Waals surface area contributed by atoms with Gasteiger partial charge in [0.1, 0.15) is 0 Å². The average Bonchev–Trinajstić information content (AvgIpc) is 3.24. The maximum atomic E-state index is 10.1. The van der Waals surface area contributed by atoms with Crippen LogP contribution in [0.5, 0.6) is 0 Å². The van der Waals surface area contributed by atoms with Gasteiger partial charge in [-0.05, 0) is 54.2 Å². The minimum absolute atomic E-state index is 0.0721. The van der Waals surface area contributed by atoms with Crippen LogP contribution in [0.3, 0.4) is 0 Å². The molecule has 2 aromatic rings. The van der Waals surface area contributed by atoms with Crippen LogP contribution in [-0.4, -0.2) is 42.1 Å². The van der Waals surface area contributed by atoms with Gasteiger partial charge in [-0.2, -0.15) is 0 Å². The van der Waals surface area contributed by atoms with Crippen LogP contribution >= 0.6 is 11.6 Å². The van der Waals surface area contributed by atoms with E-state index >= 15 is 0 Å². The number of nitrogens with zero attached hydrogens (tertiary/aromatic N) is 1. The standard InChI is InChI=1S/C23H28ClNO3/c24-22-8-5-17(23-14-20(27)13-21(15-26)28-23)12-18(22)11-16-3-6-19(7-4-16)25-9-1-2-10-25/h3-8,12,20-21,23,26-27H,1-2,9-11,13-15H2. The summed E-state index contributed by atoms with van der Waals surface area (Å²) in [6, 6.07) is 14.7. The summed E-state index contributed by atoms with van der Waals surface area (Å²) in [6.07, 6.45) is 3.36. The fourth-order valence-electron chi connectivity index (χ4n) is 4.27. The molecule has 0 radical (unpaired) electrons. The Bertz CT molecular complexity index is 789. The van der Waals surface area contributed by atoms with Crippen molar-refractivity contribution in [2.24, 2.45) is 0 Å². The van der Waals surface area contributed by atoms with Crippen molar-refractivity contribution in [3.8, 4) is 0 Å². The molecule has 2 heterocycles. The van der Waals surface area contributed by atoms with Gasteiger partial charge in [-0.1, -0.05) is 35.9 Å². The Morgan fingerprint density at radius 1 is 1.04 bits per heavy atom. The SMILES string of the molecule is OCC1CC(O)CC(c2ccc(Cl)c(Cc3ccc(N4CCCC4)cc3)c2)O1. The second-order valence-corrected chi connectivity index (χ2v) is 8.35. The number of anilines is 1. The predicted octanol–water partition coefficient (Wildman–Crippen LogP) is 4.10. The van der Waals surface area contributed by atoms with E-state index in [1.165, 1.54) is 24.1 Å². The fraction of sp³-hybridized carbons (Fsp3) is 0.478. The first-order valence-electron chi connectivity index (χ1n) is 10.2. The van der Waals surface area contributed by atoms with Gasteiger partial charge in [0.2, 0.25) is 0 Å². The zero-order chi connectivity index (χ0) is 19.5. The topological polar surface area (TPSA) is 52.9 Å². The van der Waals surface area contributed by atoms with Gasteiger partial charge >= 0.3 is 0 Å². The number of halogens is 1. The molecule has 2 aromatic carbocycles. The number of hydrogen-bond donors (Lipinski definition) is 2. The summed E-state index contributed by atoms with van der Waals surface area (Å²) in [6.45, 7) is 2.22. The molecule has 0 saturated carbocycles. The maximum absolute atomic E-state index is 10.1.